The van der Waals surface area contributed by atoms with Crippen LogP contribution >= 0.6 is 15.9 Å². The van der Waals surface area contributed by atoms with E-state index in [9.17, 15) is 4.79 Å². The van der Waals surface area contributed by atoms with Gasteiger partial charge in [0.05, 0.1) is 11.8 Å². The molecule has 0 spiro atoms. The number of nitrogens with zero attached hydrogens (tertiary/aromatic N) is 3. The van der Waals surface area contributed by atoms with Gasteiger partial charge in [-0.3, -0.25) is 9.48 Å². The minimum atomic E-state index is -0.000530. The number of rotatable bonds is 3. The van der Waals surface area contributed by atoms with Gasteiger partial charge in [0.25, 0.3) is 5.91 Å². The Balaban J connectivity index is 2.17. The predicted octanol–water partition coefficient (Wildman–Crippen LogP) is 2.76. The van der Waals surface area contributed by atoms with E-state index >= 15 is 0 Å². The van der Waals surface area contributed by atoms with Crippen molar-refractivity contribution >= 4 is 21.8 Å². The Morgan fingerprint density at radius 2 is 2.21 bits per heavy atom. The van der Waals surface area contributed by atoms with Crippen LogP contribution in [0.15, 0.2) is 35.1 Å². The number of hydrogen-bond donors (Lipinski definition) is 0. The molecule has 0 saturated heterocycles. The average Bonchev–Trinajstić information content (AvgIpc) is 2.77. The van der Waals surface area contributed by atoms with Gasteiger partial charge in [0, 0.05) is 36.9 Å². The minimum Gasteiger partial charge on any atom is -0.337 e. The van der Waals surface area contributed by atoms with Gasteiger partial charge in [-0.25, -0.2) is 0 Å². The van der Waals surface area contributed by atoms with E-state index < -0.39 is 0 Å². The first-order valence-corrected chi connectivity index (χ1v) is 6.76. The first-order valence-electron chi connectivity index (χ1n) is 5.97. The molecule has 0 aliphatic heterocycles. The van der Waals surface area contributed by atoms with Crippen LogP contribution in [0.5, 0.6) is 0 Å². The van der Waals surface area contributed by atoms with Crippen LogP contribution in [0.3, 0.4) is 0 Å². The highest BCUT2D eigenvalue weighted by Gasteiger charge is 2.16. The highest BCUT2D eigenvalue weighted by atomic mass is 79.9. The summed E-state index contributed by atoms with van der Waals surface area (Å²) < 4.78 is 2.59. The topological polar surface area (TPSA) is 38.1 Å². The van der Waals surface area contributed by atoms with Gasteiger partial charge >= 0.3 is 0 Å². The summed E-state index contributed by atoms with van der Waals surface area (Å²) in [6.07, 6.45) is 3.68. The highest BCUT2D eigenvalue weighted by Crippen LogP contribution is 2.22. The summed E-state index contributed by atoms with van der Waals surface area (Å²) in [6, 6.07) is 5.70. The molecule has 100 valence electrons. The molecule has 0 aliphatic carbocycles. The molecular formula is C14H16BrN3O. The van der Waals surface area contributed by atoms with Crippen molar-refractivity contribution < 1.29 is 4.79 Å². The number of carbonyl (C=O) groups excluding carboxylic acids is 1. The summed E-state index contributed by atoms with van der Waals surface area (Å²) >= 11 is 3.47. The van der Waals surface area contributed by atoms with E-state index in [1.165, 1.54) is 0 Å². The van der Waals surface area contributed by atoms with Crippen molar-refractivity contribution in [2.24, 2.45) is 7.05 Å². The summed E-state index contributed by atoms with van der Waals surface area (Å²) in [7, 11) is 3.66. The van der Waals surface area contributed by atoms with Crippen molar-refractivity contribution in [3.63, 3.8) is 0 Å². The molecule has 4 nitrogen and oxygen atoms in total. The van der Waals surface area contributed by atoms with Crippen molar-refractivity contribution in [3.8, 4) is 0 Å². The molecule has 1 heterocycles. The van der Waals surface area contributed by atoms with E-state index in [0.29, 0.717) is 12.1 Å². The molecule has 0 radical (unpaired) electrons. The van der Waals surface area contributed by atoms with Crippen LogP contribution in [-0.4, -0.2) is 27.6 Å². The minimum absolute atomic E-state index is 0.000530. The van der Waals surface area contributed by atoms with E-state index in [-0.39, 0.29) is 5.91 Å². The Hall–Kier alpha value is -1.62. The molecule has 2 aromatic rings. The molecule has 1 amide bonds. The fourth-order valence-corrected chi connectivity index (χ4v) is 2.35. The molecule has 1 aromatic heterocycles. The Morgan fingerprint density at radius 3 is 2.84 bits per heavy atom. The molecular weight excluding hydrogens is 306 g/mol. The second-order valence-corrected chi connectivity index (χ2v) is 5.41. The Kier molecular flexibility index (Phi) is 4.04. The molecule has 0 saturated carbocycles. The second-order valence-electron chi connectivity index (χ2n) is 4.62. The SMILES string of the molecule is Cc1cccc(C(=O)N(C)Cc2cnn(C)c2)c1Br. The standard InChI is InChI=1S/C14H16BrN3O/c1-10-5-4-6-12(13(10)15)14(19)17(2)8-11-7-16-18(3)9-11/h4-7,9H,8H2,1-3H3. The third-order valence-corrected chi connectivity index (χ3v) is 4.00. The van der Waals surface area contributed by atoms with E-state index in [4.69, 9.17) is 0 Å². The molecule has 19 heavy (non-hydrogen) atoms. The van der Waals surface area contributed by atoms with Crippen LogP contribution < -0.4 is 0 Å². The molecule has 0 fully saturated rings. The summed E-state index contributed by atoms with van der Waals surface area (Å²) in [5, 5.41) is 4.10. The zero-order valence-electron chi connectivity index (χ0n) is 11.2. The van der Waals surface area contributed by atoms with Crippen LogP contribution in [0.25, 0.3) is 0 Å². The number of aryl methyl sites for hydroxylation is 2. The van der Waals surface area contributed by atoms with Gasteiger partial charge in [0.2, 0.25) is 0 Å². The smallest absolute Gasteiger partial charge is 0.255 e. The van der Waals surface area contributed by atoms with Crippen molar-refractivity contribution in [1.29, 1.82) is 0 Å². The molecule has 2 rings (SSSR count). The largest absolute Gasteiger partial charge is 0.337 e. The van der Waals surface area contributed by atoms with Gasteiger partial charge in [-0.05, 0) is 34.5 Å². The lowest BCUT2D eigenvalue weighted by Gasteiger charge is -2.17. The maximum Gasteiger partial charge on any atom is 0.255 e. The average molecular weight is 322 g/mol. The predicted molar refractivity (Wildman–Crippen MR) is 77.9 cm³/mol. The number of carbonyl (C=O) groups is 1. The second kappa shape index (κ2) is 5.57. The third-order valence-electron chi connectivity index (χ3n) is 2.95. The number of benzene rings is 1. The first-order chi connectivity index (χ1) is 8.99. The number of aromatic nitrogens is 2. The van der Waals surface area contributed by atoms with Crippen molar-refractivity contribution in [3.05, 3.63) is 51.8 Å². The van der Waals surface area contributed by atoms with E-state index in [1.807, 2.05) is 38.4 Å². The van der Waals surface area contributed by atoms with Gasteiger partial charge in [-0.2, -0.15) is 5.10 Å². The van der Waals surface area contributed by atoms with Crippen LogP contribution in [0.4, 0.5) is 0 Å². The molecule has 5 heteroatoms. The summed E-state index contributed by atoms with van der Waals surface area (Å²) in [4.78, 5) is 14.1. The summed E-state index contributed by atoms with van der Waals surface area (Å²) in [6.45, 7) is 2.52. The van der Waals surface area contributed by atoms with Gasteiger partial charge < -0.3 is 4.90 Å². The molecule has 0 unspecified atom stereocenters. The van der Waals surface area contributed by atoms with Gasteiger partial charge in [-0.15, -0.1) is 0 Å². The summed E-state index contributed by atoms with van der Waals surface area (Å²) in [5.41, 5.74) is 2.76. The monoisotopic (exact) mass is 321 g/mol. The summed E-state index contributed by atoms with van der Waals surface area (Å²) in [5.74, 6) is -0.000530. The van der Waals surface area contributed by atoms with E-state index in [1.54, 1.807) is 22.8 Å². The molecule has 0 N–H and O–H groups in total. The number of amides is 1. The Morgan fingerprint density at radius 1 is 1.47 bits per heavy atom. The van der Waals surface area contributed by atoms with Crippen LogP contribution in [-0.2, 0) is 13.6 Å². The van der Waals surface area contributed by atoms with Crippen molar-refractivity contribution in [2.75, 3.05) is 7.05 Å². The Bertz CT molecular complexity index is 606. The van der Waals surface area contributed by atoms with Gasteiger partial charge in [-0.1, -0.05) is 12.1 Å². The molecule has 1 aromatic carbocycles. The Labute approximate surface area is 121 Å². The maximum absolute atomic E-state index is 12.4. The maximum atomic E-state index is 12.4. The number of hydrogen-bond acceptors (Lipinski definition) is 2. The van der Waals surface area contributed by atoms with Crippen LogP contribution in [0, 0.1) is 6.92 Å². The molecule has 0 bridgehead atoms. The molecule has 0 atom stereocenters. The van der Waals surface area contributed by atoms with Crippen molar-refractivity contribution in [1.82, 2.24) is 14.7 Å². The fraction of sp³-hybridized carbons (Fsp3) is 0.286. The van der Waals surface area contributed by atoms with Crippen molar-refractivity contribution in [2.45, 2.75) is 13.5 Å². The first kappa shape index (κ1) is 13.8. The van der Waals surface area contributed by atoms with Gasteiger partial charge in [0.15, 0.2) is 0 Å². The lowest BCUT2D eigenvalue weighted by atomic mass is 10.1. The zero-order valence-corrected chi connectivity index (χ0v) is 12.8. The quantitative estimate of drug-likeness (QED) is 0.871. The lowest BCUT2D eigenvalue weighted by molar-refractivity contribution is 0.0784. The lowest BCUT2D eigenvalue weighted by Crippen LogP contribution is -2.26. The zero-order chi connectivity index (χ0) is 14.0. The van der Waals surface area contributed by atoms with E-state index in [2.05, 4.69) is 21.0 Å². The number of halogens is 1. The fourth-order valence-electron chi connectivity index (χ4n) is 1.92. The van der Waals surface area contributed by atoms with Crippen LogP contribution in [0.1, 0.15) is 21.5 Å². The highest BCUT2D eigenvalue weighted by molar-refractivity contribution is 9.10. The van der Waals surface area contributed by atoms with E-state index in [0.717, 1.165) is 15.6 Å². The normalized spacial score (nSPS) is 10.5. The van der Waals surface area contributed by atoms with Gasteiger partial charge in [0.1, 0.15) is 0 Å². The molecule has 0 aliphatic rings. The van der Waals surface area contributed by atoms with Crippen LogP contribution in [0.2, 0.25) is 0 Å². The third kappa shape index (κ3) is 3.04.